The fraction of sp³-hybridized carbons (Fsp3) is 0.176. The van der Waals surface area contributed by atoms with Crippen molar-refractivity contribution < 1.29 is 0 Å². The molecule has 4 aromatic carbocycles. The third-order valence-corrected chi connectivity index (χ3v) is 10.6. The predicted octanol–water partition coefficient (Wildman–Crippen LogP) is 9.96. The lowest BCUT2D eigenvalue weighted by Gasteiger charge is -2.32. The van der Waals surface area contributed by atoms with Crippen LogP contribution in [0.5, 0.6) is 0 Å². The summed E-state index contributed by atoms with van der Waals surface area (Å²) in [6, 6.07) is 44.4. The second kappa shape index (κ2) is 10.8. The van der Waals surface area contributed by atoms with Crippen molar-refractivity contribution in [2.45, 2.75) is 39.3 Å². The van der Waals surface area contributed by atoms with E-state index in [1.807, 2.05) is 0 Å². The molecule has 0 aliphatic heterocycles. The van der Waals surface area contributed by atoms with Gasteiger partial charge in [-0.2, -0.15) is 0 Å². The van der Waals surface area contributed by atoms with Crippen molar-refractivity contribution in [3.05, 3.63) is 144 Å². The number of rotatable bonds is 7. The topological polar surface area (TPSA) is 0 Å². The van der Waals surface area contributed by atoms with Crippen molar-refractivity contribution in [3.63, 3.8) is 0 Å². The summed E-state index contributed by atoms with van der Waals surface area (Å²) in [6.07, 6.45) is 0. The smallest absolute Gasteiger partial charge is 0.0656 e. The van der Waals surface area contributed by atoms with E-state index in [2.05, 4.69) is 161 Å². The molecule has 0 aliphatic rings. The molecule has 182 valence electrons. The summed E-state index contributed by atoms with van der Waals surface area (Å²) in [5.74, 6) is 0. The van der Waals surface area contributed by atoms with Gasteiger partial charge in [-0.25, -0.2) is 0 Å². The maximum atomic E-state index is 2.48. The molecule has 0 atom stereocenters. The van der Waals surface area contributed by atoms with Crippen LogP contribution in [0.1, 0.15) is 22.3 Å². The Kier molecular flexibility index (Phi) is 7.77. The lowest BCUT2D eigenvalue weighted by atomic mass is 9.88. The quantitative estimate of drug-likeness (QED) is 0.134. The Morgan fingerprint density at radius 2 is 0.556 bits per heavy atom. The molecule has 0 saturated heterocycles. The van der Waals surface area contributed by atoms with Crippen LogP contribution in [0, 0.1) is 0 Å². The van der Waals surface area contributed by atoms with E-state index in [4.69, 9.17) is 0 Å². The molecular weight excluding hydrogens is 465 g/mol. The SMILES string of the molecule is C[Si](C)(C)/C(=C(\C(=C(/c1ccccc1)[Si](C)(C)C)c1ccccc1)c1ccccc1)c1ccccc1. The first kappa shape index (κ1) is 25.9. The van der Waals surface area contributed by atoms with Crippen LogP contribution in [0.15, 0.2) is 121 Å². The van der Waals surface area contributed by atoms with E-state index in [0.29, 0.717) is 0 Å². The molecule has 0 fully saturated rings. The van der Waals surface area contributed by atoms with Crippen LogP contribution in [0.25, 0.3) is 21.5 Å². The van der Waals surface area contributed by atoms with Crippen LogP contribution in [-0.4, -0.2) is 16.1 Å². The molecule has 0 N–H and O–H groups in total. The van der Waals surface area contributed by atoms with Crippen molar-refractivity contribution in [3.8, 4) is 0 Å². The minimum atomic E-state index is -1.81. The molecular formula is C34H38Si2. The molecule has 36 heavy (non-hydrogen) atoms. The van der Waals surface area contributed by atoms with Crippen LogP contribution in [-0.2, 0) is 0 Å². The molecule has 0 unspecified atom stereocenters. The Morgan fingerprint density at radius 3 is 0.778 bits per heavy atom. The highest BCUT2D eigenvalue weighted by molar-refractivity contribution is 6.97. The lowest BCUT2D eigenvalue weighted by molar-refractivity contribution is 1.55. The van der Waals surface area contributed by atoms with Crippen molar-refractivity contribution >= 4 is 37.7 Å². The van der Waals surface area contributed by atoms with E-state index >= 15 is 0 Å². The maximum absolute atomic E-state index is 2.48. The van der Waals surface area contributed by atoms with Gasteiger partial charge >= 0.3 is 0 Å². The first-order valence-electron chi connectivity index (χ1n) is 12.9. The van der Waals surface area contributed by atoms with Crippen LogP contribution in [0.4, 0.5) is 0 Å². The van der Waals surface area contributed by atoms with Gasteiger partial charge in [-0.1, -0.05) is 161 Å². The summed E-state index contributed by atoms with van der Waals surface area (Å²) < 4.78 is 0. The normalized spacial score (nSPS) is 13.6. The van der Waals surface area contributed by atoms with Crippen molar-refractivity contribution in [2.24, 2.45) is 0 Å². The lowest BCUT2D eigenvalue weighted by Crippen LogP contribution is -2.27. The van der Waals surface area contributed by atoms with E-state index in [1.165, 1.54) is 43.8 Å². The van der Waals surface area contributed by atoms with Gasteiger partial charge in [-0.05, 0) is 43.8 Å². The van der Waals surface area contributed by atoms with Gasteiger partial charge in [0.25, 0.3) is 0 Å². The van der Waals surface area contributed by atoms with Gasteiger partial charge in [-0.15, -0.1) is 0 Å². The molecule has 0 amide bonds. The maximum Gasteiger partial charge on any atom is 0.0792 e. The Labute approximate surface area is 220 Å². The van der Waals surface area contributed by atoms with Crippen molar-refractivity contribution in [1.82, 2.24) is 0 Å². The third kappa shape index (κ3) is 5.78. The van der Waals surface area contributed by atoms with Gasteiger partial charge in [-0.3, -0.25) is 0 Å². The first-order valence-corrected chi connectivity index (χ1v) is 19.9. The molecule has 0 saturated carbocycles. The third-order valence-electron chi connectivity index (χ3n) is 6.50. The van der Waals surface area contributed by atoms with Gasteiger partial charge in [0.2, 0.25) is 0 Å². The zero-order valence-corrected chi connectivity index (χ0v) is 24.5. The summed E-state index contributed by atoms with van der Waals surface area (Å²) in [7, 11) is -3.63. The summed E-state index contributed by atoms with van der Waals surface area (Å²) in [5, 5.41) is 3.03. The number of hydrogen-bond donors (Lipinski definition) is 0. The van der Waals surface area contributed by atoms with Crippen molar-refractivity contribution in [1.29, 1.82) is 0 Å². The van der Waals surface area contributed by atoms with Gasteiger partial charge in [0.05, 0.1) is 16.1 Å². The van der Waals surface area contributed by atoms with Crippen molar-refractivity contribution in [2.75, 3.05) is 0 Å². The molecule has 0 heterocycles. The molecule has 0 radical (unpaired) electrons. The molecule has 4 rings (SSSR count). The van der Waals surface area contributed by atoms with Gasteiger partial charge in [0, 0.05) is 0 Å². The monoisotopic (exact) mass is 502 g/mol. The molecule has 0 nitrogen and oxygen atoms in total. The molecule has 2 heteroatoms. The molecule has 0 bridgehead atoms. The highest BCUT2D eigenvalue weighted by Gasteiger charge is 2.32. The first-order chi connectivity index (χ1) is 17.2. The number of hydrogen-bond acceptors (Lipinski definition) is 0. The zero-order valence-electron chi connectivity index (χ0n) is 22.5. The standard InChI is InChI=1S/C34H38Si2/c1-35(2,3)33(29-23-15-9-16-24-29)31(27-19-11-7-12-20-27)32(28-21-13-8-14-22-28)34(36(4,5)6)30-25-17-10-18-26-30/h7-26H,1-6H3/b33-31-,34-32+. The average molecular weight is 503 g/mol. The molecule has 0 aromatic heterocycles. The van der Waals surface area contributed by atoms with E-state index in [9.17, 15) is 0 Å². The van der Waals surface area contributed by atoms with E-state index < -0.39 is 16.1 Å². The summed E-state index contributed by atoms with van der Waals surface area (Å²) in [5.41, 5.74) is 8.06. The predicted molar refractivity (Wildman–Crippen MR) is 166 cm³/mol. The van der Waals surface area contributed by atoms with Crippen LogP contribution in [0.3, 0.4) is 0 Å². The highest BCUT2D eigenvalue weighted by atomic mass is 28.3. The Hall–Kier alpha value is -3.21. The van der Waals surface area contributed by atoms with Gasteiger partial charge in [0.15, 0.2) is 0 Å². The summed E-state index contributed by atoms with van der Waals surface area (Å²) in [4.78, 5) is 0. The second-order valence-corrected chi connectivity index (χ2v) is 21.5. The van der Waals surface area contributed by atoms with Crippen LogP contribution in [0.2, 0.25) is 39.3 Å². The fourth-order valence-electron chi connectivity index (χ4n) is 5.15. The molecule has 0 spiro atoms. The second-order valence-electron chi connectivity index (χ2n) is 11.5. The summed E-state index contributed by atoms with van der Waals surface area (Å²) >= 11 is 0. The van der Waals surface area contributed by atoms with E-state index in [-0.39, 0.29) is 0 Å². The van der Waals surface area contributed by atoms with Crippen LogP contribution < -0.4 is 0 Å². The fourth-order valence-corrected chi connectivity index (χ4v) is 9.26. The van der Waals surface area contributed by atoms with Gasteiger partial charge in [0.1, 0.15) is 0 Å². The Morgan fingerprint density at radius 1 is 0.333 bits per heavy atom. The Balaban J connectivity index is 2.30. The van der Waals surface area contributed by atoms with E-state index in [0.717, 1.165) is 0 Å². The van der Waals surface area contributed by atoms with E-state index in [1.54, 1.807) is 0 Å². The molecule has 4 aromatic rings. The highest BCUT2D eigenvalue weighted by Crippen LogP contribution is 2.47. The number of allylic oxidation sites excluding steroid dienone is 2. The minimum Gasteiger partial charge on any atom is -0.0656 e. The number of benzene rings is 4. The zero-order chi connectivity index (χ0) is 25.8. The molecule has 0 aliphatic carbocycles. The van der Waals surface area contributed by atoms with Crippen LogP contribution >= 0.6 is 0 Å². The Bertz CT molecular complexity index is 1230. The van der Waals surface area contributed by atoms with Gasteiger partial charge < -0.3 is 0 Å². The summed E-state index contributed by atoms with van der Waals surface area (Å²) in [6.45, 7) is 14.9. The largest absolute Gasteiger partial charge is 0.0792 e. The minimum absolute atomic E-state index is 1.30. The average Bonchev–Trinajstić information content (AvgIpc) is 2.86.